The van der Waals surface area contributed by atoms with Crippen LogP contribution >= 0.6 is 33.9 Å². The minimum atomic E-state index is -0.738. The van der Waals surface area contributed by atoms with Crippen LogP contribution in [-0.2, 0) is 4.74 Å². The Kier molecular flexibility index (Phi) is 5.46. The van der Waals surface area contributed by atoms with Gasteiger partial charge in [0.1, 0.15) is 10.8 Å². The fourth-order valence-corrected chi connectivity index (χ4v) is 4.50. The fraction of sp³-hybridized carbons (Fsp3) is 0.333. The maximum Gasteiger partial charge on any atom is 0.341 e. The van der Waals surface area contributed by atoms with Crippen LogP contribution in [0.25, 0.3) is 0 Å². The highest BCUT2D eigenvalue weighted by atomic mass is 127. The predicted molar refractivity (Wildman–Crippen MR) is 111 cm³/mol. The molecule has 2 heterocycles. The van der Waals surface area contributed by atoms with E-state index in [9.17, 15) is 14.0 Å². The van der Waals surface area contributed by atoms with E-state index in [4.69, 9.17) is 10.5 Å². The van der Waals surface area contributed by atoms with Gasteiger partial charge in [0.15, 0.2) is 0 Å². The molecule has 1 aliphatic heterocycles. The van der Waals surface area contributed by atoms with Crippen molar-refractivity contribution in [3.8, 4) is 0 Å². The monoisotopic (exact) mass is 503 g/mol. The van der Waals surface area contributed by atoms with Gasteiger partial charge in [0, 0.05) is 9.13 Å². The molecule has 1 unspecified atom stereocenters. The summed E-state index contributed by atoms with van der Waals surface area (Å²) in [6, 6.07) is 4.08. The van der Waals surface area contributed by atoms with Gasteiger partial charge in [0.2, 0.25) is 0 Å². The standard InChI is InChI=1S/C18H19FIN3O3S/c1-4-26-17(25)12-11-13(15(24)23-18(2,3)14(11)21)27-16(12)22-10-6-5-8(20)7-9(10)19/h5-7,14,22H,4,21H2,1-3H3,(H,23,24). The Balaban J connectivity index is 2.15. The number of thiophene rings is 1. The van der Waals surface area contributed by atoms with E-state index in [1.54, 1.807) is 32.9 Å². The van der Waals surface area contributed by atoms with Gasteiger partial charge in [0.25, 0.3) is 5.91 Å². The Hall–Kier alpha value is -1.72. The largest absolute Gasteiger partial charge is 0.462 e. The van der Waals surface area contributed by atoms with Crippen LogP contribution in [0.1, 0.15) is 52.4 Å². The van der Waals surface area contributed by atoms with E-state index in [-0.39, 0.29) is 23.8 Å². The number of fused-ring (bicyclic) bond motifs is 1. The van der Waals surface area contributed by atoms with Gasteiger partial charge in [-0.3, -0.25) is 4.79 Å². The van der Waals surface area contributed by atoms with E-state index in [1.165, 1.54) is 6.07 Å². The minimum absolute atomic E-state index is 0.172. The van der Waals surface area contributed by atoms with E-state index in [1.807, 2.05) is 22.6 Å². The zero-order valence-electron chi connectivity index (χ0n) is 15.0. The second kappa shape index (κ2) is 7.36. The van der Waals surface area contributed by atoms with Crippen LogP contribution < -0.4 is 16.4 Å². The van der Waals surface area contributed by atoms with Gasteiger partial charge in [-0.15, -0.1) is 11.3 Å². The van der Waals surface area contributed by atoms with Crippen LogP contribution in [0, 0.1) is 9.39 Å². The van der Waals surface area contributed by atoms with Crippen LogP contribution in [0.2, 0.25) is 0 Å². The lowest BCUT2D eigenvalue weighted by Crippen LogP contribution is -2.54. The minimum Gasteiger partial charge on any atom is -0.462 e. The van der Waals surface area contributed by atoms with Crippen molar-refractivity contribution in [3.05, 3.63) is 43.6 Å². The van der Waals surface area contributed by atoms with E-state index in [0.717, 1.165) is 14.9 Å². The molecule has 0 spiro atoms. The van der Waals surface area contributed by atoms with Crippen molar-refractivity contribution in [2.75, 3.05) is 11.9 Å². The molecule has 1 amide bonds. The molecule has 2 aromatic rings. The molecule has 144 valence electrons. The Bertz CT molecular complexity index is 929. The SMILES string of the molecule is CCOC(=O)c1c(Nc2ccc(I)cc2F)sc2c1C(N)C(C)(C)NC2=O. The fourth-order valence-electron chi connectivity index (χ4n) is 2.90. The van der Waals surface area contributed by atoms with Gasteiger partial charge in [-0.05, 0) is 61.6 Å². The van der Waals surface area contributed by atoms with E-state index in [2.05, 4.69) is 10.6 Å². The van der Waals surface area contributed by atoms with Crippen molar-refractivity contribution < 1.29 is 18.7 Å². The lowest BCUT2D eigenvalue weighted by molar-refractivity contribution is 0.0525. The number of ether oxygens (including phenoxy) is 1. The first-order chi connectivity index (χ1) is 12.7. The van der Waals surface area contributed by atoms with Gasteiger partial charge in [-0.1, -0.05) is 0 Å². The molecule has 1 aromatic heterocycles. The molecular weight excluding hydrogens is 484 g/mol. The highest BCUT2D eigenvalue weighted by Gasteiger charge is 2.43. The quantitative estimate of drug-likeness (QED) is 0.435. The Labute approximate surface area is 173 Å². The summed E-state index contributed by atoms with van der Waals surface area (Å²) < 4.78 is 20.2. The summed E-state index contributed by atoms with van der Waals surface area (Å²) >= 11 is 3.08. The summed E-state index contributed by atoms with van der Waals surface area (Å²) in [6.45, 7) is 5.44. The first kappa shape index (κ1) is 20.0. The van der Waals surface area contributed by atoms with E-state index >= 15 is 0 Å². The number of nitrogens with two attached hydrogens (primary N) is 1. The maximum absolute atomic E-state index is 14.3. The molecule has 1 aromatic carbocycles. The van der Waals surface area contributed by atoms with Crippen molar-refractivity contribution in [2.24, 2.45) is 5.73 Å². The third-order valence-corrected chi connectivity index (χ3v) is 6.13. The van der Waals surface area contributed by atoms with Gasteiger partial charge in [0.05, 0.1) is 34.3 Å². The van der Waals surface area contributed by atoms with Crippen LogP contribution in [0.4, 0.5) is 15.1 Å². The summed E-state index contributed by atoms with van der Waals surface area (Å²) in [7, 11) is 0. The molecule has 4 N–H and O–H groups in total. The van der Waals surface area contributed by atoms with Gasteiger partial charge in [-0.25, -0.2) is 9.18 Å². The third kappa shape index (κ3) is 3.67. The summed E-state index contributed by atoms with van der Waals surface area (Å²) in [5, 5.41) is 6.12. The first-order valence-corrected chi connectivity index (χ1v) is 10.2. The molecule has 9 heteroatoms. The maximum atomic E-state index is 14.3. The number of esters is 1. The Morgan fingerprint density at radius 1 is 1.48 bits per heavy atom. The average Bonchev–Trinajstić information content (AvgIpc) is 2.95. The topological polar surface area (TPSA) is 93.4 Å². The van der Waals surface area contributed by atoms with Crippen molar-refractivity contribution in [1.29, 1.82) is 0 Å². The number of benzene rings is 1. The number of rotatable bonds is 4. The highest BCUT2D eigenvalue weighted by Crippen LogP contribution is 2.44. The summed E-state index contributed by atoms with van der Waals surface area (Å²) in [6.07, 6.45) is 0. The zero-order valence-corrected chi connectivity index (χ0v) is 18.0. The van der Waals surface area contributed by atoms with Crippen LogP contribution in [0.5, 0.6) is 0 Å². The highest BCUT2D eigenvalue weighted by molar-refractivity contribution is 14.1. The number of nitrogens with one attached hydrogen (secondary N) is 2. The molecule has 0 radical (unpaired) electrons. The van der Waals surface area contributed by atoms with Crippen LogP contribution in [-0.4, -0.2) is 24.0 Å². The van der Waals surface area contributed by atoms with Gasteiger partial charge < -0.3 is 21.1 Å². The lowest BCUT2D eigenvalue weighted by Gasteiger charge is -2.37. The molecular formula is C18H19FIN3O3S. The van der Waals surface area contributed by atoms with E-state index in [0.29, 0.717) is 15.4 Å². The van der Waals surface area contributed by atoms with Crippen LogP contribution in [0.3, 0.4) is 0 Å². The lowest BCUT2D eigenvalue weighted by atomic mass is 9.84. The molecule has 3 rings (SSSR count). The molecule has 0 saturated heterocycles. The number of anilines is 2. The second-order valence-electron chi connectivity index (χ2n) is 6.67. The van der Waals surface area contributed by atoms with E-state index < -0.39 is 23.4 Å². The number of hydrogen-bond donors (Lipinski definition) is 3. The third-order valence-electron chi connectivity index (χ3n) is 4.33. The second-order valence-corrected chi connectivity index (χ2v) is 8.94. The Morgan fingerprint density at radius 3 is 2.81 bits per heavy atom. The Morgan fingerprint density at radius 2 is 2.19 bits per heavy atom. The number of carbonyl (C=O) groups excluding carboxylic acids is 2. The number of carbonyl (C=O) groups is 2. The smallest absolute Gasteiger partial charge is 0.341 e. The number of hydrogen-bond acceptors (Lipinski definition) is 6. The summed E-state index contributed by atoms with van der Waals surface area (Å²) in [5.41, 5.74) is 6.44. The zero-order chi connectivity index (χ0) is 19.9. The summed E-state index contributed by atoms with van der Waals surface area (Å²) in [4.78, 5) is 25.5. The molecule has 0 saturated carbocycles. The predicted octanol–water partition coefficient (Wildman–Crippen LogP) is 3.93. The van der Waals surface area contributed by atoms with Crippen molar-refractivity contribution in [3.63, 3.8) is 0 Å². The molecule has 0 fully saturated rings. The molecule has 6 nitrogen and oxygen atoms in total. The van der Waals surface area contributed by atoms with Crippen molar-refractivity contribution in [1.82, 2.24) is 5.32 Å². The molecule has 27 heavy (non-hydrogen) atoms. The van der Waals surface area contributed by atoms with Crippen molar-refractivity contribution >= 4 is 56.5 Å². The molecule has 0 aliphatic carbocycles. The summed E-state index contributed by atoms with van der Waals surface area (Å²) in [5.74, 6) is -1.37. The molecule has 1 aliphatic rings. The average molecular weight is 503 g/mol. The van der Waals surface area contributed by atoms with Gasteiger partial charge >= 0.3 is 5.97 Å². The molecule has 0 bridgehead atoms. The van der Waals surface area contributed by atoms with Gasteiger partial charge in [-0.2, -0.15) is 0 Å². The first-order valence-electron chi connectivity index (χ1n) is 8.29. The molecule has 1 atom stereocenters. The number of halogens is 2. The van der Waals surface area contributed by atoms with Crippen LogP contribution in [0.15, 0.2) is 18.2 Å². The van der Waals surface area contributed by atoms with Crippen molar-refractivity contribution in [2.45, 2.75) is 32.4 Å². The normalized spacial score (nSPS) is 17.9. The number of amides is 1.